The number of rotatable bonds is 5. The van der Waals surface area contributed by atoms with Gasteiger partial charge in [0, 0.05) is 5.69 Å². The van der Waals surface area contributed by atoms with E-state index in [4.69, 9.17) is 15.2 Å². The summed E-state index contributed by atoms with van der Waals surface area (Å²) < 4.78 is 11.2. The van der Waals surface area contributed by atoms with Crippen LogP contribution in [-0.2, 0) is 4.79 Å². The zero-order chi connectivity index (χ0) is 15.2. The van der Waals surface area contributed by atoms with E-state index in [1.54, 1.807) is 37.4 Å². The highest BCUT2D eigenvalue weighted by Crippen LogP contribution is 2.30. The average molecular weight is 351 g/mol. The lowest BCUT2D eigenvalue weighted by Gasteiger charge is -2.11. The molecule has 6 heteroatoms. The van der Waals surface area contributed by atoms with Gasteiger partial charge in [0.2, 0.25) is 0 Å². The maximum atomic E-state index is 11.9. The summed E-state index contributed by atoms with van der Waals surface area (Å²) in [5, 5.41) is 2.73. The Morgan fingerprint density at radius 2 is 1.90 bits per heavy atom. The van der Waals surface area contributed by atoms with Crippen molar-refractivity contribution in [1.29, 1.82) is 0 Å². The Hall–Kier alpha value is -2.21. The van der Waals surface area contributed by atoms with Gasteiger partial charge in [-0.05, 0) is 40.2 Å². The molecular formula is C15H15BrN2O3. The van der Waals surface area contributed by atoms with Gasteiger partial charge in [0.25, 0.3) is 5.91 Å². The smallest absolute Gasteiger partial charge is 0.262 e. The van der Waals surface area contributed by atoms with Crippen molar-refractivity contribution >= 4 is 33.2 Å². The van der Waals surface area contributed by atoms with E-state index in [1.165, 1.54) is 0 Å². The standard InChI is InChI=1S/C15H15BrN2O3/c1-20-12-7-3-2-6-11(12)18-14(19)9-21-13-8-4-5-10(17)15(13)16/h2-8H,9,17H2,1H3,(H,18,19). The van der Waals surface area contributed by atoms with Crippen LogP contribution in [0.1, 0.15) is 0 Å². The molecular weight excluding hydrogens is 336 g/mol. The Balaban J connectivity index is 1.98. The number of methoxy groups -OCH3 is 1. The Morgan fingerprint density at radius 3 is 2.67 bits per heavy atom. The third-order valence-corrected chi connectivity index (χ3v) is 3.58. The largest absolute Gasteiger partial charge is 0.495 e. The fraction of sp³-hybridized carbons (Fsp3) is 0.133. The van der Waals surface area contributed by atoms with Crippen molar-refractivity contribution in [3.63, 3.8) is 0 Å². The fourth-order valence-corrected chi connectivity index (χ4v) is 2.10. The second kappa shape index (κ2) is 6.99. The molecule has 0 bridgehead atoms. The number of anilines is 2. The van der Waals surface area contributed by atoms with Gasteiger partial charge in [-0.1, -0.05) is 18.2 Å². The molecule has 3 N–H and O–H groups in total. The molecule has 0 aromatic heterocycles. The number of para-hydroxylation sites is 2. The highest BCUT2D eigenvalue weighted by atomic mass is 79.9. The van der Waals surface area contributed by atoms with Gasteiger partial charge in [-0.25, -0.2) is 0 Å². The van der Waals surface area contributed by atoms with Gasteiger partial charge < -0.3 is 20.5 Å². The number of nitrogens with two attached hydrogens (primary N) is 1. The molecule has 0 spiro atoms. The van der Waals surface area contributed by atoms with Gasteiger partial charge in [-0.3, -0.25) is 4.79 Å². The maximum Gasteiger partial charge on any atom is 0.262 e. The Kier molecular flexibility index (Phi) is 5.05. The number of hydrogen-bond donors (Lipinski definition) is 2. The van der Waals surface area contributed by atoms with Crippen molar-refractivity contribution in [2.24, 2.45) is 0 Å². The predicted molar refractivity (Wildman–Crippen MR) is 85.7 cm³/mol. The normalized spacial score (nSPS) is 10.0. The van der Waals surface area contributed by atoms with Crippen LogP contribution < -0.4 is 20.5 Å². The molecule has 0 atom stereocenters. The van der Waals surface area contributed by atoms with Crippen LogP contribution in [0.4, 0.5) is 11.4 Å². The molecule has 0 aliphatic carbocycles. The van der Waals surface area contributed by atoms with Gasteiger partial charge >= 0.3 is 0 Å². The van der Waals surface area contributed by atoms with E-state index >= 15 is 0 Å². The van der Waals surface area contributed by atoms with Crippen LogP contribution in [0, 0.1) is 0 Å². The molecule has 0 saturated carbocycles. The van der Waals surface area contributed by atoms with Crippen molar-refractivity contribution in [3.05, 3.63) is 46.9 Å². The minimum atomic E-state index is -0.283. The molecule has 0 aliphatic rings. The molecule has 0 aliphatic heterocycles. The van der Waals surface area contributed by atoms with Crippen molar-refractivity contribution in [2.45, 2.75) is 0 Å². The average Bonchev–Trinajstić information content (AvgIpc) is 2.49. The lowest BCUT2D eigenvalue weighted by molar-refractivity contribution is -0.118. The molecule has 0 fully saturated rings. The summed E-state index contributed by atoms with van der Waals surface area (Å²) in [7, 11) is 1.55. The second-order valence-electron chi connectivity index (χ2n) is 4.20. The van der Waals surface area contributed by atoms with E-state index in [-0.39, 0.29) is 12.5 Å². The number of amides is 1. The number of nitrogens with one attached hydrogen (secondary N) is 1. The lowest BCUT2D eigenvalue weighted by Crippen LogP contribution is -2.20. The van der Waals surface area contributed by atoms with Crippen LogP contribution in [0.5, 0.6) is 11.5 Å². The van der Waals surface area contributed by atoms with Crippen molar-refractivity contribution in [2.75, 3.05) is 24.8 Å². The molecule has 0 heterocycles. The van der Waals surface area contributed by atoms with Crippen molar-refractivity contribution < 1.29 is 14.3 Å². The highest BCUT2D eigenvalue weighted by Gasteiger charge is 2.09. The Labute approximate surface area is 131 Å². The molecule has 5 nitrogen and oxygen atoms in total. The summed E-state index contributed by atoms with van der Waals surface area (Å²) in [5.74, 6) is 0.829. The predicted octanol–water partition coefficient (Wildman–Crippen LogP) is 3.06. The van der Waals surface area contributed by atoms with Gasteiger partial charge in [0.05, 0.1) is 17.3 Å². The molecule has 0 radical (unpaired) electrons. The number of halogens is 1. The molecule has 21 heavy (non-hydrogen) atoms. The van der Waals surface area contributed by atoms with E-state index in [0.29, 0.717) is 27.3 Å². The van der Waals surface area contributed by atoms with E-state index in [1.807, 2.05) is 12.1 Å². The molecule has 2 aromatic carbocycles. The van der Waals surface area contributed by atoms with Gasteiger partial charge in [0.1, 0.15) is 11.5 Å². The number of carbonyl (C=O) groups is 1. The topological polar surface area (TPSA) is 73.6 Å². The highest BCUT2D eigenvalue weighted by molar-refractivity contribution is 9.10. The minimum absolute atomic E-state index is 0.125. The van der Waals surface area contributed by atoms with Gasteiger partial charge in [-0.2, -0.15) is 0 Å². The van der Waals surface area contributed by atoms with Gasteiger partial charge in [-0.15, -0.1) is 0 Å². The van der Waals surface area contributed by atoms with Gasteiger partial charge in [0.15, 0.2) is 6.61 Å². The first-order chi connectivity index (χ1) is 10.1. The third kappa shape index (κ3) is 3.88. The van der Waals surface area contributed by atoms with Crippen molar-refractivity contribution in [1.82, 2.24) is 0 Å². The zero-order valence-corrected chi connectivity index (χ0v) is 13.0. The maximum absolute atomic E-state index is 11.9. The third-order valence-electron chi connectivity index (χ3n) is 2.73. The van der Waals surface area contributed by atoms with Crippen LogP contribution in [0.3, 0.4) is 0 Å². The monoisotopic (exact) mass is 350 g/mol. The number of ether oxygens (including phenoxy) is 2. The summed E-state index contributed by atoms with van der Waals surface area (Å²) in [4.78, 5) is 11.9. The number of carbonyl (C=O) groups excluding carboxylic acids is 1. The summed E-state index contributed by atoms with van der Waals surface area (Å²) in [6.45, 7) is -0.125. The van der Waals surface area contributed by atoms with Crippen LogP contribution in [-0.4, -0.2) is 19.6 Å². The summed E-state index contributed by atoms with van der Waals surface area (Å²) in [6, 6.07) is 12.4. The lowest BCUT2D eigenvalue weighted by atomic mass is 10.3. The first-order valence-electron chi connectivity index (χ1n) is 6.21. The first kappa shape index (κ1) is 15.2. The zero-order valence-electron chi connectivity index (χ0n) is 11.4. The first-order valence-corrected chi connectivity index (χ1v) is 7.00. The van der Waals surface area contributed by atoms with E-state index in [2.05, 4.69) is 21.2 Å². The number of nitrogen functional groups attached to an aromatic ring is 1. The van der Waals surface area contributed by atoms with Crippen LogP contribution in [0.25, 0.3) is 0 Å². The quantitative estimate of drug-likeness (QED) is 0.812. The molecule has 0 saturated heterocycles. The molecule has 2 aromatic rings. The van der Waals surface area contributed by atoms with E-state index in [0.717, 1.165) is 0 Å². The molecule has 2 rings (SSSR count). The van der Waals surface area contributed by atoms with Crippen LogP contribution in [0.2, 0.25) is 0 Å². The van der Waals surface area contributed by atoms with E-state index < -0.39 is 0 Å². The van der Waals surface area contributed by atoms with Crippen LogP contribution >= 0.6 is 15.9 Å². The molecule has 0 unspecified atom stereocenters. The Bertz CT molecular complexity index is 647. The van der Waals surface area contributed by atoms with Crippen molar-refractivity contribution in [3.8, 4) is 11.5 Å². The number of benzene rings is 2. The SMILES string of the molecule is COc1ccccc1NC(=O)COc1cccc(N)c1Br. The summed E-state index contributed by atoms with van der Waals surface area (Å²) >= 11 is 3.32. The van der Waals surface area contributed by atoms with Crippen LogP contribution in [0.15, 0.2) is 46.9 Å². The molecule has 110 valence electrons. The van der Waals surface area contributed by atoms with E-state index in [9.17, 15) is 4.79 Å². The fourth-order valence-electron chi connectivity index (χ4n) is 1.72. The summed E-state index contributed by atoms with van der Waals surface area (Å²) in [6.07, 6.45) is 0. The molecule has 1 amide bonds. The number of hydrogen-bond acceptors (Lipinski definition) is 4. The Morgan fingerprint density at radius 1 is 1.19 bits per heavy atom. The minimum Gasteiger partial charge on any atom is -0.495 e. The second-order valence-corrected chi connectivity index (χ2v) is 4.99. The summed E-state index contributed by atoms with van der Waals surface area (Å²) in [5.41, 5.74) is 6.90.